The number of hydrogen-bond acceptors (Lipinski definition) is 3. The molecule has 0 radical (unpaired) electrons. The normalized spacial score (nSPS) is 14.8. The highest BCUT2D eigenvalue weighted by molar-refractivity contribution is 9.10. The Hall–Kier alpha value is -0.130. The highest BCUT2D eigenvalue weighted by atomic mass is 79.9. The molecular formula is C13H19BrClNO2. The molecule has 0 aliphatic carbocycles. The molecule has 2 N–H and O–H groups in total. The van der Waals surface area contributed by atoms with E-state index in [1.165, 1.54) is 0 Å². The Morgan fingerprint density at radius 2 is 2.11 bits per heavy atom. The van der Waals surface area contributed by atoms with Gasteiger partial charge in [0, 0.05) is 22.1 Å². The third-order valence-electron chi connectivity index (χ3n) is 3.09. The van der Waals surface area contributed by atoms with Gasteiger partial charge in [0.1, 0.15) is 0 Å². The van der Waals surface area contributed by atoms with Crippen LogP contribution in [-0.2, 0) is 0 Å². The van der Waals surface area contributed by atoms with Crippen molar-refractivity contribution >= 4 is 27.5 Å². The van der Waals surface area contributed by atoms with Crippen molar-refractivity contribution < 1.29 is 10.2 Å². The predicted octanol–water partition coefficient (Wildman–Crippen LogP) is 2.84. The molecule has 1 aromatic rings. The number of aliphatic hydroxyl groups is 2. The summed E-state index contributed by atoms with van der Waals surface area (Å²) in [6.45, 7) is 2.76. The summed E-state index contributed by atoms with van der Waals surface area (Å²) < 4.78 is 0.898. The van der Waals surface area contributed by atoms with Crippen molar-refractivity contribution in [3.63, 3.8) is 0 Å². The van der Waals surface area contributed by atoms with Crippen LogP contribution in [0.15, 0.2) is 22.7 Å². The zero-order chi connectivity index (χ0) is 13.7. The van der Waals surface area contributed by atoms with E-state index < -0.39 is 6.10 Å². The Morgan fingerprint density at radius 1 is 1.44 bits per heavy atom. The molecule has 2 atom stereocenters. The first-order valence-corrected chi connectivity index (χ1v) is 7.07. The molecule has 0 saturated carbocycles. The molecule has 5 heteroatoms. The maximum atomic E-state index is 10.1. The number of benzene rings is 1. The van der Waals surface area contributed by atoms with E-state index in [4.69, 9.17) is 16.7 Å². The number of aliphatic hydroxyl groups excluding tert-OH is 2. The van der Waals surface area contributed by atoms with Gasteiger partial charge in [-0.2, -0.15) is 0 Å². The zero-order valence-corrected chi connectivity index (χ0v) is 12.9. The molecule has 18 heavy (non-hydrogen) atoms. The highest BCUT2D eigenvalue weighted by Gasteiger charge is 2.14. The Balaban J connectivity index is 2.57. The topological polar surface area (TPSA) is 43.7 Å². The van der Waals surface area contributed by atoms with E-state index in [2.05, 4.69) is 15.9 Å². The summed E-state index contributed by atoms with van der Waals surface area (Å²) in [7, 11) is 1.93. The van der Waals surface area contributed by atoms with Gasteiger partial charge in [-0.05, 0) is 38.1 Å². The fourth-order valence-electron chi connectivity index (χ4n) is 1.61. The Bertz CT molecular complexity index is 389. The van der Waals surface area contributed by atoms with Crippen LogP contribution >= 0.6 is 27.5 Å². The highest BCUT2D eigenvalue weighted by Crippen LogP contribution is 2.28. The molecule has 1 aromatic carbocycles. The number of halogens is 2. The van der Waals surface area contributed by atoms with Crippen LogP contribution in [0.5, 0.6) is 0 Å². The molecule has 0 heterocycles. The molecule has 3 nitrogen and oxygen atoms in total. The van der Waals surface area contributed by atoms with Crippen molar-refractivity contribution in [3.05, 3.63) is 33.3 Å². The number of rotatable bonds is 6. The van der Waals surface area contributed by atoms with E-state index in [1.54, 1.807) is 6.07 Å². The van der Waals surface area contributed by atoms with Gasteiger partial charge in [0.15, 0.2) is 0 Å². The average molecular weight is 337 g/mol. The SMILES string of the molecule is CC(CO)N(C)CCC(O)c1ccc(Br)cc1Cl. The molecule has 0 bridgehead atoms. The third kappa shape index (κ3) is 4.52. The van der Waals surface area contributed by atoms with Gasteiger partial charge in [-0.15, -0.1) is 0 Å². The maximum absolute atomic E-state index is 10.1. The first kappa shape index (κ1) is 15.9. The fraction of sp³-hybridized carbons (Fsp3) is 0.538. The van der Waals surface area contributed by atoms with Crippen molar-refractivity contribution in [1.29, 1.82) is 0 Å². The van der Waals surface area contributed by atoms with E-state index in [1.807, 2.05) is 31.0 Å². The molecular weight excluding hydrogens is 318 g/mol. The molecule has 0 aromatic heterocycles. The average Bonchev–Trinajstić information content (AvgIpc) is 2.34. The minimum Gasteiger partial charge on any atom is -0.395 e. The van der Waals surface area contributed by atoms with Gasteiger partial charge in [-0.1, -0.05) is 33.6 Å². The Morgan fingerprint density at radius 3 is 2.67 bits per heavy atom. The van der Waals surface area contributed by atoms with E-state index in [0.29, 0.717) is 18.0 Å². The van der Waals surface area contributed by atoms with E-state index in [0.717, 1.165) is 10.0 Å². The molecule has 0 amide bonds. The smallest absolute Gasteiger partial charge is 0.0816 e. The van der Waals surface area contributed by atoms with Crippen molar-refractivity contribution in [2.75, 3.05) is 20.2 Å². The molecule has 0 aliphatic heterocycles. The molecule has 1 rings (SSSR count). The molecule has 0 saturated heterocycles. The van der Waals surface area contributed by atoms with Gasteiger partial charge in [0.25, 0.3) is 0 Å². The molecule has 0 aliphatic rings. The van der Waals surface area contributed by atoms with Crippen LogP contribution in [0.25, 0.3) is 0 Å². The van der Waals surface area contributed by atoms with Crippen molar-refractivity contribution in [2.24, 2.45) is 0 Å². The lowest BCUT2D eigenvalue weighted by atomic mass is 10.1. The van der Waals surface area contributed by atoms with Gasteiger partial charge < -0.3 is 15.1 Å². The molecule has 0 spiro atoms. The van der Waals surface area contributed by atoms with Crippen LogP contribution in [0.1, 0.15) is 25.0 Å². The van der Waals surface area contributed by atoms with Gasteiger partial charge in [-0.3, -0.25) is 0 Å². The van der Waals surface area contributed by atoms with Crippen LogP contribution < -0.4 is 0 Å². The summed E-state index contributed by atoms with van der Waals surface area (Å²) in [6.07, 6.45) is 0.00120. The summed E-state index contributed by atoms with van der Waals surface area (Å²) in [5, 5.41) is 19.7. The molecule has 102 valence electrons. The van der Waals surface area contributed by atoms with Crippen LogP contribution in [0, 0.1) is 0 Å². The standard InChI is InChI=1S/C13H19BrClNO2/c1-9(8-17)16(2)6-5-13(18)11-4-3-10(14)7-12(11)15/h3-4,7,9,13,17-18H,5-6,8H2,1-2H3. The monoisotopic (exact) mass is 335 g/mol. The quantitative estimate of drug-likeness (QED) is 0.839. The lowest BCUT2D eigenvalue weighted by Crippen LogP contribution is -2.33. The zero-order valence-electron chi connectivity index (χ0n) is 10.6. The van der Waals surface area contributed by atoms with E-state index in [9.17, 15) is 5.11 Å². The minimum atomic E-state index is -0.584. The second kappa shape index (κ2) is 7.46. The minimum absolute atomic E-state index is 0.0950. The number of nitrogens with zero attached hydrogens (tertiary/aromatic N) is 1. The summed E-state index contributed by atoms with van der Waals surface area (Å²) in [4.78, 5) is 2.01. The van der Waals surface area contributed by atoms with Crippen LogP contribution in [-0.4, -0.2) is 41.4 Å². The first-order valence-electron chi connectivity index (χ1n) is 5.89. The fourth-order valence-corrected chi connectivity index (χ4v) is 2.41. The molecule has 0 fully saturated rings. The first-order chi connectivity index (χ1) is 8.45. The molecule has 2 unspecified atom stereocenters. The number of hydrogen-bond donors (Lipinski definition) is 2. The lowest BCUT2D eigenvalue weighted by molar-refractivity contribution is 0.117. The summed E-state index contributed by atoms with van der Waals surface area (Å²) in [5.74, 6) is 0. The van der Waals surface area contributed by atoms with Gasteiger partial charge >= 0.3 is 0 Å². The largest absolute Gasteiger partial charge is 0.395 e. The van der Waals surface area contributed by atoms with Crippen LogP contribution in [0.3, 0.4) is 0 Å². The van der Waals surface area contributed by atoms with E-state index in [-0.39, 0.29) is 12.6 Å². The predicted molar refractivity (Wildman–Crippen MR) is 77.9 cm³/mol. The van der Waals surface area contributed by atoms with Crippen molar-refractivity contribution in [1.82, 2.24) is 4.90 Å². The van der Waals surface area contributed by atoms with Gasteiger partial charge in [0.2, 0.25) is 0 Å². The summed E-state index contributed by atoms with van der Waals surface area (Å²) in [6, 6.07) is 5.56. The second-order valence-electron chi connectivity index (χ2n) is 4.48. The third-order valence-corrected chi connectivity index (χ3v) is 3.91. The van der Waals surface area contributed by atoms with Gasteiger partial charge in [-0.25, -0.2) is 0 Å². The Labute approximate surface area is 122 Å². The Kier molecular flexibility index (Phi) is 6.60. The van der Waals surface area contributed by atoms with Crippen molar-refractivity contribution in [3.8, 4) is 0 Å². The van der Waals surface area contributed by atoms with E-state index >= 15 is 0 Å². The van der Waals surface area contributed by atoms with Crippen LogP contribution in [0.4, 0.5) is 0 Å². The second-order valence-corrected chi connectivity index (χ2v) is 5.81. The maximum Gasteiger partial charge on any atom is 0.0816 e. The number of likely N-dealkylation sites (N-methyl/N-ethyl adjacent to an activating group) is 1. The van der Waals surface area contributed by atoms with Crippen molar-refractivity contribution in [2.45, 2.75) is 25.5 Å². The lowest BCUT2D eigenvalue weighted by Gasteiger charge is -2.24. The summed E-state index contributed by atoms with van der Waals surface area (Å²) >= 11 is 9.42. The van der Waals surface area contributed by atoms with Crippen LogP contribution in [0.2, 0.25) is 5.02 Å². The van der Waals surface area contributed by atoms with Gasteiger partial charge in [0.05, 0.1) is 12.7 Å². The summed E-state index contributed by atoms with van der Waals surface area (Å²) in [5.41, 5.74) is 0.741.